The van der Waals surface area contributed by atoms with Crippen LogP contribution < -0.4 is 5.32 Å². The van der Waals surface area contributed by atoms with Gasteiger partial charge in [0.25, 0.3) is 0 Å². The van der Waals surface area contributed by atoms with Gasteiger partial charge in [-0.1, -0.05) is 18.2 Å². The molecular formula is C11H15NO. The van der Waals surface area contributed by atoms with Crippen molar-refractivity contribution in [2.24, 2.45) is 0 Å². The van der Waals surface area contributed by atoms with Gasteiger partial charge in [0.05, 0.1) is 6.61 Å². The molecule has 0 aromatic heterocycles. The standard InChI is InChI=1S/C11H15NO/c1-13-8-9-2-3-11-7-12-5-4-10(11)6-9/h2-3,6,12H,4-5,7-8H2,1H3. The van der Waals surface area contributed by atoms with E-state index in [0.29, 0.717) is 0 Å². The second kappa shape index (κ2) is 3.90. The van der Waals surface area contributed by atoms with Crippen LogP contribution in [0.5, 0.6) is 0 Å². The zero-order chi connectivity index (χ0) is 9.10. The van der Waals surface area contributed by atoms with Crippen molar-refractivity contribution >= 4 is 0 Å². The second-order valence-corrected chi connectivity index (χ2v) is 3.46. The van der Waals surface area contributed by atoms with E-state index < -0.39 is 0 Å². The average Bonchev–Trinajstić information content (AvgIpc) is 2.18. The maximum atomic E-state index is 5.10. The highest BCUT2D eigenvalue weighted by Crippen LogP contribution is 2.16. The lowest BCUT2D eigenvalue weighted by Crippen LogP contribution is -2.23. The average molecular weight is 177 g/mol. The molecule has 0 bridgehead atoms. The van der Waals surface area contributed by atoms with E-state index in [1.54, 1.807) is 7.11 Å². The van der Waals surface area contributed by atoms with Crippen LogP contribution in [-0.2, 0) is 24.3 Å². The van der Waals surface area contributed by atoms with Crippen LogP contribution in [-0.4, -0.2) is 13.7 Å². The predicted molar refractivity (Wildman–Crippen MR) is 52.6 cm³/mol. The quantitative estimate of drug-likeness (QED) is 0.738. The van der Waals surface area contributed by atoms with Crippen LogP contribution in [0.3, 0.4) is 0 Å². The molecule has 0 saturated carbocycles. The third-order valence-electron chi connectivity index (χ3n) is 2.47. The summed E-state index contributed by atoms with van der Waals surface area (Å²) in [4.78, 5) is 0. The Morgan fingerprint density at radius 3 is 3.15 bits per heavy atom. The Labute approximate surface area is 78.9 Å². The van der Waals surface area contributed by atoms with E-state index in [0.717, 1.165) is 26.1 Å². The first-order valence-corrected chi connectivity index (χ1v) is 4.70. The summed E-state index contributed by atoms with van der Waals surface area (Å²) in [6.07, 6.45) is 1.15. The lowest BCUT2D eigenvalue weighted by molar-refractivity contribution is 0.185. The first kappa shape index (κ1) is 8.73. The predicted octanol–water partition coefficient (Wildman–Crippen LogP) is 1.48. The van der Waals surface area contributed by atoms with Gasteiger partial charge in [-0.2, -0.15) is 0 Å². The Balaban J connectivity index is 2.24. The van der Waals surface area contributed by atoms with E-state index in [-0.39, 0.29) is 0 Å². The fourth-order valence-corrected chi connectivity index (χ4v) is 1.79. The molecule has 0 atom stereocenters. The van der Waals surface area contributed by atoms with Crippen LogP contribution in [0, 0.1) is 0 Å². The molecule has 70 valence electrons. The van der Waals surface area contributed by atoms with Crippen LogP contribution in [0.2, 0.25) is 0 Å². The summed E-state index contributed by atoms with van der Waals surface area (Å²) in [5.74, 6) is 0. The fraction of sp³-hybridized carbons (Fsp3) is 0.455. The summed E-state index contributed by atoms with van der Waals surface area (Å²) in [6, 6.07) is 6.62. The smallest absolute Gasteiger partial charge is 0.0713 e. The van der Waals surface area contributed by atoms with Gasteiger partial charge < -0.3 is 10.1 Å². The van der Waals surface area contributed by atoms with Gasteiger partial charge in [-0.3, -0.25) is 0 Å². The van der Waals surface area contributed by atoms with Gasteiger partial charge in [-0.25, -0.2) is 0 Å². The minimum absolute atomic E-state index is 0.723. The number of fused-ring (bicyclic) bond motifs is 1. The summed E-state index contributed by atoms with van der Waals surface area (Å²) in [7, 11) is 1.74. The monoisotopic (exact) mass is 177 g/mol. The molecule has 1 N–H and O–H groups in total. The summed E-state index contributed by atoms with van der Waals surface area (Å²) in [6.45, 7) is 2.84. The molecule has 1 aromatic carbocycles. The Bertz CT molecular complexity index is 296. The van der Waals surface area contributed by atoms with Crippen LogP contribution in [0.15, 0.2) is 18.2 Å². The number of benzene rings is 1. The molecule has 0 radical (unpaired) electrons. The van der Waals surface area contributed by atoms with Gasteiger partial charge in [-0.15, -0.1) is 0 Å². The maximum absolute atomic E-state index is 5.10. The van der Waals surface area contributed by atoms with E-state index >= 15 is 0 Å². The molecule has 1 aromatic rings. The van der Waals surface area contributed by atoms with Crippen LogP contribution >= 0.6 is 0 Å². The molecule has 1 heterocycles. The molecule has 0 aliphatic carbocycles. The molecular weight excluding hydrogens is 162 g/mol. The van der Waals surface area contributed by atoms with Crippen molar-refractivity contribution < 1.29 is 4.74 Å². The first-order chi connectivity index (χ1) is 6.40. The van der Waals surface area contributed by atoms with Crippen molar-refractivity contribution in [1.29, 1.82) is 0 Å². The molecule has 0 unspecified atom stereocenters. The van der Waals surface area contributed by atoms with Gasteiger partial charge in [-0.05, 0) is 29.7 Å². The van der Waals surface area contributed by atoms with Gasteiger partial charge >= 0.3 is 0 Å². The van der Waals surface area contributed by atoms with Crippen LogP contribution in [0.4, 0.5) is 0 Å². The van der Waals surface area contributed by atoms with E-state index in [9.17, 15) is 0 Å². The minimum Gasteiger partial charge on any atom is -0.380 e. The molecule has 1 aliphatic heterocycles. The first-order valence-electron chi connectivity index (χ1n) is 4.70. The van der Waals surface area contributed by atoms with Crippen molar-refractivity contribution in [3.8, 4) is 0 Å². The van der Waals surface area contributed by atoms with Crippen LogP contribution in [0.1, 0.15) is 16.7 Å². The Hall–Kier alpha value is -0.860. The van der Waals surface area contributed by atoms with Crippen molar-refractivity contribution in [2.75, 3.05) is 13.7 Å². The van der Waals surface area contributed by atoms with Crippen LogP contribution in [0.25, 0.3) is 0 Å². The summed E-state index contributed by atoms with van der Waals surface area (Å²) in [5.41, 5.74) is 4.20. The van der Waals surface area contributed by atoms with Crippen molar-refractivity contribution in [1.82, 2.24) is 5.32 Å². The highest BCUT2D eigenvalue weighted by atomic mass is 16.5. The zero-order valence-corrected chi connectivity index (χ0v) is 7.97. The van der Waals surface area contributed by atoms with Crippen molar-refractivity contribution in [2.45, 2.75) is 19.6 Å². The Kier molecular flexibility index (Phi) is 2.62. The third-order valence-corrected chi connectivity index (χ3v) is 2.47. The topological polar surface area (TPSA) is 21.3 Å². The highest BCUT2D eigenvalue weighted by Gasteiger charge is 2.08. The van der Waals surface area contributed by atoms with Gasteiger partial charge in [0.1, 0.15) is 0 Å². The van der Waals surface area contributed by atoms with Gasteiger partial charge in [0.2, 0.25) is 0 Å². The summed E-state index contributed by atoms with van der Waals surface area (Å²) < 4.78 is 5.10. The number of hydrogen-bond acceptors (Lipinski definition) is 2. The van der Waals surface area contributed by atoms with Gasteiger partial charge in [0, 0.05) is 13.7 Å². The number of hydrogen-bond donors (Lipinski definition) is 1. The largest absolute Gasteiger partial charge is 0.380 e. The number of rotatable bonds is 2. The molecule has 0 fully saturated rings. The second-order valence-electron chi connectivity index (χ2n) is 3.46. The molecule has 0 amide bonds. The SMILES string of the molecule is COCc1ccc2c(c1)CCNC2. The van der Waals surface area contributed by atoms with E-state index in [1.807, 2.05) is 0 Å². The zero-order valence-electron chi connectivity index (χ0n) is 7.97. The third kappa shape index (κ3) is 1.90. The molecule has 1 aliphatic rings. The number of methoxy groups -OCH3 is 1. The molecule has 2 heteroatoms. The molecule has 0 saturated heterocycles. The van der Waals surface area contributed by atoms with E-state index in [2.05, 4.69) is 23.5 Å². The fourth-order valence-electron chi connectivity index (χ4n) is 1.79. The Morgan fingerprint density at radius 1 is 1.38 bits per heavy atom. The van der Waals surface area contributed by atoms with E-state index in [4.69, 9.17) is 4.74 Å². The lowest BCUT2D eigenvalue weighted by Gasteiger charge is -2.17. The van der Waals surface area contributed by atoms with Gasteiger partial charge in [0.15, 0.2) is 0 Å². The maximum Gasteiger partial charge on any atom is 0.0713 e. The summed E-state index contributed by atoms with van der Waals surface area (Å²) in [5, 5.41) is 3.36. The molecule has 2 rings (SSSR count). The molecule has 2 nitrogen and oxygen atoms in total. The summed E-state index contributed by atoms with van der Waals surface area (Å²) >= 11 is 0. The Morgan fingerprint density at radius 2 is 2.31 bits per heavy atom. The lowest BCUT2D eigenvalue weighted by atomic mass is 9.99. The van der Waals surface area contributed by atoms with Crippen molar-refractivity contribution in [3.05, 3.63) is 34.9 Å². The minimum atomic E-state index is 0.723. The highest BCUT2D eigenvalue weighted by molar-refractivity contribution is 5.33. The molecule has 13 heavy (non-hydrogen) atoms. The number of nitrogens with one attached hydrogen (secondary N) is 1. The van der Waals surface area contributed by atoms with Crippen molar-refractivity contribution in [3.63, 3.8) is 0 Å². The normalized spacial score (nSPS) is 15.5. The number of ether oxygens (including phenoxy) is 1. The molecule has 0 spiro atoms. The van der Waals surface area contributed by atoms with E-state index in [1.165, 1.54) is 16.7 Å².